The molecular weight excluding hydrogens is 194 g/mol. The second kappa shape index (κ2) is 5.77. The van der Waals surface area contributed by atoms with Crippen molar-refractivity contribution in [3.05, 3.63) is 5.82 Å². The minimum absolute atomic E-state index is 0.133. The average molecular weight is 213 g/mol. The van der Waals surface area contributed by atoms with Gasteiger partial charge in [-0.15, -0.1) is 5.10 Å². The maximum absolute atomic E-state index is 5.72. The smallest absolute Gasteiger partial charge is 0.167 e. The summed E-state index contributed by atoms with van der Waals surface area (Å²) in [6.45, 7) is 7.37. The monoisotopic (exact) mass is 213 g/mol. The molecule has 0 saturated carbocycles. The molecule has 1 aromatic heterocycles. The number of hydrogen-bond acceptors (Lipinski definition) is 5. The van der Waals surface area contributed by atoms with Crippen molar-refractivity contribution in [2.45, 2.75) is 45.9 Å². The van der Waals surface area contributed by atoms with Crippen molar-refractivity contribution in [3.63, 3.8) is 0 Å². The quantitative estimate of drug-likeness (QED) is 0.696. The van der Waals surface area contributed by atoms with Crippen LogP contribution in [0.15, 0.2) is 0 Å². The Labute approximate surface area is 89.8 Å². The van der Waals surface area contributed by atoms with Gasteiger partial charge in [-0.2, -0.15) is 0 Å². The number of nitrogens with zero attached hydrogens (tertiary/aromatic N) is 4. The van der Waals surface area contributed by atoms with Gasteiger partial charge >= 0.3 is 0 Å². The van der Waals surface area contributed by atoms with Crippen molar-refractivity contribution in [2.24, 2.45) is 5.73 Å². The van der Waals surface area contributed by atoms with Crippen molar-refractivity contribution < 1.29 is 4.74 Å². The van der Waals surface area contributed by atoms with E-state index >= 15 is 0 Å². The Morgan fingerprint density at radius 3 is 2.73 bits per heavy atom. The summed E-state index contributed by atoms with van der Waals surface area (Å²) in [7, 11) is 0. The summed E-state index contributed by atoms with van der Waals surface area (Å²) in [5, 5.41) is 11.3. The highest BCUT2D eigenvalue weighted by atomic mass is 16.5. The number of aryl methyl sites for hydroxylation is 1. The van der Waals surface area contributed by atoms with Gasteiger partial charge in [-0.1, -0.05) is 0 Å². The standard InChI is InChI=1S/C9H19N5O/c1-7(2)15-6-4-5-14-9(8(3)10)11-12-13-14/h7-8H,4-6,10H2,1-3H3. The molecule has 1 unspecified atom stereocenters. The van der Waals surface area contributed by atoms with Gasteiger partial charge in [0.25, 0.3) is 0 Å². The maximum atomic E-state index is 5.72. The predicted octanol–water partition coefficient (Wildman–Crippen LogP) is 0.508. The molecule has 0 amide bonds. The normalized spacial score (nSPS) is 13.4. The van der Waals surface area contributed by atoms with Gasteiger partial charge in [-0.05, 0) is 37.6 Å². The molecule has 0 aliphatic rings. The average Bonchev–Trinajstić information content (AvgIpc) is 2.60. The first-order chi connectivity index (χ1) is 7.11. The van der Waals surface area contributed by atoms with Crippen LogP contribution in [0.1, 0.15) is 39.1 Å². The number of aromatic nitrogens is 4. The molecular formula is C9H19N5O. The molecule has 1 atom stereocenters. The number of nitrogens with two attached hydrogens (primary N) is 1. The molecule has 0 spiro atoms. The van der Waals surface area contributed by atoms with Crippen molar-refractivity contribution in [3.8, 4) is 0 Å². The van der Waals surface area contributed by atoms with Crippen molar-refractivity contribution in [1.29, 1.82) is 0 Å². The molecule has 2 N–H and O–H groups in total. The summed E-state index contributed by atoms with van der Waals surface area (Å²) >= 11 is 0. The van der Waals surface area contributed by atoms with E-state index < -0.39 is 0 Å². The zero-order chi connectivity index (χ0) is 11.3. The van der Waals surface area contributed by atoms with E-state index in [1.54, 1.807) is 4.68 Å². The lowest BCUT2D eigenvalue weighted by Gasteiger charge is -2.08. The first-order valence-electron chi connectivity index (χ1n) is 5.24. The third-order valence-electron chi connectivity index (χ3n) is 1.93. The van der Waals surface area contributed by atoms with E-state index in [4.69, 9.17) is 10.5 Å². The topological polar surface area (TPSA) is 78.8 Å². The van der Waals surface area contributed by atoms with Crippen molar-refractivity contribution >= 4 is 0 Å². The Kier molecular flexibility index (Phi) is 4.64. The minimum atomic E-state index is -0.133. The van der Waals surface area contributed by atoms with E-state index in [9.17, 15) is 0 Å². The van der Waals surface area contributed by atoms with Crippen LogP contribution in [0.5, 0.6) is 0 Å². The van der Waals surface area contributed by atoms with Crippen LogP contribution in [-0.2, 0) is 11.3 Å². The van der Waals surface area contributed by atoms with Crippen LogP contribution in [0.25, 0.3) is 0 Å². The van der Waals surface area contributed by atoms with Gasteiger partial charge in [0, 0.05) is 13.2 Å². The summed E-state index contributed by atoms with van der Waals surface area (Å²) in [5.41, 5.74) is 5.72. The summed E-state index contributed by atoms with van der Waals surface area (Å²) in [4.78, 5) is 0. The molecule has 0 aliphatic carbocycles. The summed E-state index contributed by atoms with van der Waals surface area (Å²) < 4.78 is 7.16. The maximum Gasteiger partial charge on any atom is 0.167 e. The second-order valence-corrected chi connectivity index (χ2v) is 3.82. The third kappa shape index (κ3) is 3.93. The Morgan fingerprint density at radius 2 is 2.13 bits per heavy atom. The minimum Gasteiger partial charge on any atom is -0.379 e. The van der Waals surface area contributed by atoms with E-state index in [-0.39, 0.29) is 12.1 Å². The SMILES string of the molecule is CC(C)OCCCn1nnnc1C(C)N. The van der Waals surface area contributed by atoms with Crippen molar-refractivity contribution in [2.75, 3.05) is 6.61 Å². The van der Waals surface area contributed by atoms with E-state index in [0.29, 0.717) is 0 Å². The number of tetrazole rings is 1. The van der Waals surface area contributed by atoms with Crippen molar-refractivity contribution in [1.82, 2.24) is 20.2 Å². The Bertz CT molecular complexity index is 284. The third-order valence-corrected chi connectivity index (χ3v) is 1.93. The van der Waals surface area contributed by atoms with Gasteiger partial charge in [0.15, 0.2) is 5.82 Å². The zero-order valence-corrected chi connectivity index (χ0v) is 9.55. The van der Waals surface area contributed by atoms with Gasteiger partial charge in [0.05, 0.1) is 12.1 Å². The van der Waals surface area contributed by atoms with E-state index in [1.807, 2.05) is 20.8 Å². The number of hydrogen-bond donors (Lipinski definition) is 1. The van der Waals surface area contributed by atoms with Gasteiger partial charge in [0.1, 0.15) is 0 Å². The molecule has 6 nitrogen and oxygen atoms in total. The molecule has 0 fully saturated rings. The predicted molar refractivity (Wildman–Crippen MR) is 56.1 cm³/mol. The molecule has 6 heteroatoms. The van der Waals surface area contributed by atoms with E-state index in [2.05, 4.69) is 15.5 Å². The molecule has 1 rings (SSSR count). The van der Waals surface area contributed by atoms with Crippen LogP contribution in [-0.4, -0.2) is 32.9 Å². The highest BCUT2D eigenvalue weighted by Gasteiger charge is 2.09. The molecule has 0 saturated heterocycles. The first-order valence-corrected chi connectivity index (χ1v) is 5.24. The number of ether oxygens (including phenoxy) is 1. The highest BCUT2D eigenvalue weighted by molar-refractivity contribution is 4.86. The van der Waals surface area contributed by atoms with Gasteiger partial charge < -0.3 is 10.5 Å². The fourth-order valence-corrected chi connectivity index (χ4v) is 1.23. The van der Waals surface area contributed by atoms with Crippen LogP contribution in [0.2, 0.25) is 0 Å². The van der Waals surface area contributed by atoms with Crippen LogP contribution < -0.4 is 5.73 Å². The lowest BCUT2D eigenvalue weighted by molar-refractivity contribution is 0.0741. The Hall–Kier alpha value is -1.01. The molecule has 15 heavy (non-hydrogen) atoms. The highest BCUT2D eigenvalue weighted by Crippen LogP contribution is 2.04. The summed E-state index contributed by atoms with van der Waals surface area (Å²) in [5.74, 6) is 0.722. The van der Waals surface area contributed by atoms with Crippen LogP contribution in [0.4, 0.5) is 0 Å². The zero-order valence-electron chi connectivity index (χ0n) is 9.55. The first kappa shape index (κ1) is 12.1. The fourth-order valence-electron chi connectivity index (χ4n) is 1.23. The summed E-state index contributed by atoms with van der Waals surface area (Å²) in [6, 6.07) is -0.133. The van der Waals surface area contributed by atoms with E-state index in [0.717, 1.165) is 25.4 Å². The molecule has 86 valence electrons. The van der Waals surface area contributed by atoms with Gasteiger partial charge in [0.2, 0.25) is 0 Å². The lowest BCUT2D eigenvalue weighted by atomic mass is 10.3. The molecule has 1 heterocycles. The van der Waals surface area contributed by atoms with Crippen LogP contribution in [0.3, 0.4) is 0 Å². The van der Waals surface area contributed by atoms with Crippen LogP contribution >= 0.6 is 0 Å². The molecule has 1 aromatic rings. The summed E-state index contributed by atoms with van der Waals surface area (Å²) in [6.07, 6.45) is 1.16. The van der Waals surface area contributed by atoms with Gasteiger partial charge in [-0.3, -0.25) is 0 Å². The van der Waals surface area contributed by atoms with E-state index in [1.165, 1.54) is 0 Å². The molecule has 0 bridgehead atoms. The molecule has 0 aromatic carbocycles. The van der Waals surface area contributed by atoms with Crippen LogP contribution in [0, 0.1) is 0 Å². The Morgan fingerprint density at radius 1 is 1.40 bits per heavy atom. The second-order valence-electron chi connectivity index (χ2n) is 3.82. The molecule has 0 aliphatic heterocycles. The lowest BCUT2D eigenvalue weighted by Crippen LogP contribution is -2.16. The largest absolute Gasteiger partial charge is 0.379 e. The molecule has 0 radical (unpaired) electrons. The van der Waals surface area contributed by atoms with Gasteiger partial charge in [-0.25, -0.2) is 4.68 Å². The fraction of sp³-hybridized carbons (Fsp3) is 0.889. The number of rotatable bonds is 6. The Balaban J connectivity index is 2.34.